The maximum Gasteiger partial charge on any atom is 0.422 e. The van der Waals surface area contributed by atoms with Gasteiger partial charge < -0.3 is 34.7 Å². The van der Waals surface area contributed by atoms with E-state index in [0.29, 0.717) is 5.69 Å². The Kier molecular flexibility index (Phi) is 21.1. The number of quaternary nitrogens is 1. The van der Waals surface area contributed by atoms with Gasteiger partial charge in [0, 0.05) is 12.4 Å². The summed E-state index contributed by atoms with van der Waals surface area (Å²) in [4.78, 5) is 32.0. The second-order valence-corrected chi connectivity index (χ2v) is 11.2. The topological polar surface area (TPSA) is 170 Å². The van der Waals surface area contributed by atoms with Crippen molar-refractivity contribution in [3.8, 4) is 29.1 Å². The number of hydrogen-bond acceptors (Lipinski definition) is 10. The maximum atomic E-state index is 12.4. The van der Waals surface area contributed by atoms with E-state index in [-0.39, 0.29) is 19.7 Å². The van der Waals surface area contributed by atoms with Crippen molar-refractivity contribution in [1.82, 2.24) is 15.3 Å². The molecule has 2 heterocycles. The van der Waals surface area contributed by atoms with Crippen LogP contribution in [0.15, 0.2) is 85.2 Å². The number of aromatic nitrogens is 2. The summed E-state index contributed by atoms with van der Waals surface area (Å²) in [6.45, 7) is -6.66. The fourth-order valence-corrected chi connectivity index (χ4v) is 3.93. The van der Waals surface area contributed by atoms with Crippen molar-refractivity contribution in [1.29, 1.82) is 5.26 Å². The zero-order valence-corrected chi connectivity index (χ0v) is 30.5. The van der Waals surface area contributed by atoms with Crippen LogP contribution in [0, 0.1) is 11.3 Å². The lowest BCUT2D eigenvalue weighted by Gasteiger charge is -2.15. The zero-order chi connectivity index (χ0) is 45.0. The number of amides is 1. The number of carbonyl (C=O) groups is 2. The molecule has 2 aromatic heterocycles. The van der Waals surface area contributed by atoms with E-state index in [1.54, 1.807) is 24.4 Å². The van der Waals surface area contributed by atoms with E-state index >= 15 is 0 Å². The lowest BCUT2D eigenvalue weighted by molar-refractivity contribution is -0.387. The summed E-state index contributed by atoms with van der Waals surface area (Å²) in [6.07, 6.45) is -15.4. The second-order valence-electron chi connectivity index (χ2n) is 11.2. The molecule has 0 fully saturated rings. The van der Waals surface area contributed by atoms with E-state index in [1.165, 1.54) is 12.3 Å². The Balaban J connectivity index is 0.000000512. The van der Waals surface area contributed by atoms with Gasteiger partial charge in [0.1, 0.15) is 41.2 Å². The minimum atomic E-state index is -4.70. The quantitative estimate of drug-likeness (QED) is 0.0950. The Morgan fingerprint density at radius 1 is 0.623 bits per heavy atom. The number of rotatable bonds is 14. The summed E-state index contributed by atoms with van der Waals surface area (Å²) >= 11 is 0. The molecule has 0 radical (unpaired) electrons. The van der Waals surface area contributed by atoms with Crippen molar-refractivity contribution in [3.63, 3.8) is 0 Å². The minimum absolute atomic E-state index is 0. The number of halogens is 12. The molecule has 4 aromatic rings. The van der Waals surface area contributed by atoms with Crippen molar-refractivity contribution in [2.75, 3.05) is 33.0 Å². The first-order valence-corrected chi connectivity index (χ1v) is 16.5. The van der Waals surface area contributed by atoms with Gasteiger partial charge in [-0.15, -0.1) is 0 Å². The maximum absolute atomic E-state index is 12.4. The molecule has 334 valence electrons. The van der Waals surface area contributed by atoms with Crippen molar-refractivity contribution in [3.05, 3.63) is 108 Å². The molecule has 0 aliphatic heterocycles. The highest BCUT2D eigenvalue weighted by atomic mass is 19.4. The largest absolute Gasteiger partial charge is 0.484 e. The Hall–Kier alpha value is -6.51. The molecule has 61 heavy (non-hydrogen) atoms. The molecular formula is C37H36F12N5O7+. The van der Waals surface area contributed by atoms with Gasteiger partial charge in [-0.25, -0.2) is 4.79 Å². The highest BCUT2D eigenvalue weighted by Crippen LogP contribution is 2.30. The zero-order valence-electron chi connectivity index (χ0n) is 30.5. The first-order chi connectivity index (χ1) is 28.0. The molecule has 0 saturated carbocycles. The third-order valence-corrected chi connectivity index (χ3v) is 6.36. The minimum Gasteiger partial charge on any atom is -0.484 e. The third kappa shape index (κ3) is 23.0. The van der Waals surface area contributed by atoms with Crippen LogP contribution in [0.5, 0.6) is 23.0 Å². The van der Waals surface area contributed by atoms with E-state index in [1.807, 2.05) is 18.2 Å². The molecule has 0 saturated heterocycles. The van der Waals surface area contributed by atoms with Gasteiger partial charge in [0.05, 0.1) is 23.5 Å². The Labute approximate surface area is 339 Å². The molecule has 2 aromatic carbocycles. The number of ether oxygens (including phenoxy) is 5. The van der Waals surface area contributed by atoms with Gasteiger partial charge in [-0.1, -0.05) is 19.6 Å². The average Bonchev–Trinajstić information content (AvgIpc) is 3.19. The lowest BCUT2D eigenvalue weighted by atomic mass is 10.1. The highest BCUT2D eigenvalue weighted by molar-refractivity contribution is 5.97. The Morgan fingerprint density at radius 2 is 1.05 bits per heavy atom. The van der Waals surface area contributed by atoms with E-state index in [2.05, 4.69) is 44.7 Å². The fourth-order valence-electron chi connectivity index (χ4n) is 3.93. The predicted octanol–water partition coefficient (Wildman–Crippen LogP) is 7.60. The number of hydrogen-bond donors (Lipinski definition) is 2. The monoisotopic (exact) mass is 890 g/mol. The van der Waals surface area contributed by atoms with Gasteiger partial charge in [0.2, 0.25) is 0 Å². The Bertz CT molecular complexity index is 1980. The smallest absolute Gasteiger partial charge is 0.422 e. The molecule has 4 rings (SSSR count). The molecular weight excluding hydrogens is 854 g/mol. The number of nitrogens with zero attached hydrogens (tertiary/aromatic N) is 3. The second kappa shape index (κ2) is 24.5. The van der Waals surface area contributed by atoms with E-state index < -0.39 is 98.0 Å². The number of esters is 1. The normalized spacial score (nSPS) is 11.1. The number of benzene rings is 2. The van der Waals surface area contributed by atoms with Crippen LogP contribution in [0.4, 0.5) is 52.7 Å². The lowest BCUT2D eigenvalue weighted by Crippen LogP contribution is -2.47. The van der Waals surface area contributed by atoms with Gasteiger partial charge >= 0.3 is 30.7 Å². The molecule has 0 spiro atoms. The first-order valence-electron chi connectivity index (χ1n) is 16.5. The predicted molar refractivity (Wildman–Crippen MR) is 188 cm³/mol. The SMILES string of the molecule is C.N#CCOC(=O)c1cc(OCC(F)(F)F)ccc1OCC(F)(F)F.O=C(NCc1ccccn1)c1cc(OCC(F)(F)F)ccc1OCC(F)(F)F.[NH3+]Cc1ccccn1. The summed E-state index contributed by atoms with van der Waals surface area (Å²) in [6, 6.07) is 17.5. The van der Waals surface area contributed by atoms with Crippen molar-refractivity contribution >= 4 is 11.9 Å². The van der Waals surface area contributed by atoms with E-state index in [0.717, 1.165) is 48.6 Å². The molecule has 0 atom stereocenters. The number of nitriles is 1. The molecule has 0 unspecified atom stereocenters. The van der Waals surface area contributed by atoms with Crippen LogP contribution < -0.4 is 30.0 Å². The number of carbonyl (C=O) groups excluding carboxylic acids is 2. The average molecular weight is 891 g/mol. The van der Waals surface area contributed by atoms with E-state index in [9.17, 15) is 62.3 Å². The first kappa shape index (κ1) is 52.5. The standard InChI is InChI=1S/C17H14F6N2O3.C13H9F6NO4.C6H8N2.CH4/c18-16(19,20)9-27-12-4-5-14(28-10-17(21,22)23)13(7-12)15(26)25-8-11-3-1-2-6-24-11;14-12(15,16)6-23-8-1-2-10(24-7-13(17,18)19)9(5-8)11(21)22-4-3-20;7-5-6-3-1-2-4-8-6;/h1-7H,8-10H2,(H,25,26);1-2,5H,4,6-7H2;1-4H,5,7H2;1H4/p+1. The van der Waals surface area contributed by atoms with Crippen molar-refractivity contribution in [2.24, 2.45) is 0 Å². The van der Waals surface area contributed by atoms with E-state index in [4.69, 9.17) is 5.26 Å². The number of alkyl halides is 12. The van der Waals surface area contributed by atoms with Crippen LogP contribution in [-0.2, 0) is 17.8 Å². The summed E-state index contributed by atoms with van der Waals surface area (Å²) in [5.41, 5.74) is 4.21. The molecule has 12 nitrogen and oxygen atoms in total. The molecule has 0 aliphatic rings. The van der Waals surface area contributed by atoms with Crippen LogP contribution >= 0.6 is 0 Å². The summed E-state index contributed by atoms with van der Waals surface area (Å²) in [7, 11) is 0. The third-order valence-electron chi connectivity index (χ3n) is 6.36. The van der Waals surface area contributed by atoms with Crippen LogP contribution in [0.25, 0.3) is 0 Å². The summed E-state index contributed by atoms with van der Waals surface area (Å²) in [5, 5.41) is 10.7. The molecule has 24 heteroatoms. The van der Waals surface area contributed by atoms with Gasteiger partial charge in [0.25, 0.3) is 5.91 Å². The molecule has 4 N–H and O–H groups in total. The van der Waals surface area contributed by atoms with Crippen LogP contribution in [0.2, 0.25) is 0 Å². The number of nitrogens with one attached hydrogen (secondary N) is 1. The molecule has 1 amide bonds. The summed E-state index contributed by atoms with van der Waals surface area (Å²) in [5.74, 6) is -3.91. The summed E-state index contributed by atoms with van der Waals surface area (Å²) < 4.78 is 169. The molecule has 0 bridgehead atoms. The van der Waals surface area contributed by atoms with Gasteiger partial charge in [-0.2, -0.15) is 57.9 Å². The van der Waals surface area contributed by atoms with Gasteiger partial charge in [-0.3, -0.25) is 14.8 Å². The van der Waals surface area contributed by atoms with Crippen molar-refractivity contribution in [2.45, 2.75) is 45.2 Å². The van der Waals surface area contributed by atoms with Gasteiger partial charge in [0.15, 0.2) is 33.0 Å². The number of pyridine rings is 2. The molecule has 0 aliphatic carbocycles. The highest BCUT2D eigenvalue weighted by Gasteiger charge is 2.32. The van der Waals surface area contributed by atoms with Crippen LogP contribution in [0.3, 0.4) is 0 Å². The van der Waals surface area contributed by atoms with Crippen LogP contribution in [0.1, 0.15) is 39.5 Å². The fraction of sp³-hybridized carbons (Fsp3) is 0.324. The van der Waals surface area contributed by atoms with Gasteiger partial charge in [-0.05, 0) is 60.7 Å². The van der Waals surface area contributed by atoms with Crippen LogP contribution in [-0.4, -0.2) is 79.6 Å². The van der Waals surface area contributed by atoms with Crippen molar-refractivity contribution < 1.29 is 91.7 Å². The Morgan fingerprint density at radius 3 is 1.44 bits per heavy atom.